The average molecular weight is 281 g/mol. The molecule has 112 valence electrons. The van der Waals surface area contributed by atoms with Crippen LogP contribution >= 0.6 is 0 Å². The normalized spacial score (nSPS) is 10.8. The van der Waals surface area contributed by atoms with Gasteiger partial charge in [-0.2, -0.15) is 0 Å². The van der Waals surface area contributed by atoms with E-state index >= 15 is 0 Å². The van der Waals surface area contributed by atoms with Crippen LogP contribution in [0.1, 0.15) is 18.9 Å². The maximum absolute atomic E-state index is 10.9. The van der Waals surface area contributed by atoms with Gasteiger partial charge in [0.2, 0.25) is 0 Å². The Morgan fingerprint density at radius 3 is 2.45 bits per heavy atom. The molecule has 1 N–H and O–H groups in total. The highest BCUT2D eigenvalue weighted by Gasteiger charge is 2.15. The van der Waals surface area contributed by atoms with Gasteiger partial charge in [-0.15, -0.1) is 0 Å². The lowest BCUT2D eigenvalue weighted by atomic mass is 10.1. The van der Waals surface area contributed by atoms with E-state index in [2.05, 4.69) is 16.7 Å². The zero-order chi connectivity index (χ0) is 15.1. The van der Waals surface area contributed by atoms with E-state index in [0.29, 0.717) is 5.56 Å². The smallest absolute Gasteiger partial charge is 0.275 e. The highest BCUT2D eigenvalue weighted by atomic mass is 16.6. The van der Waals surface area contributed by atoms with Crippen molar-refractivity contribution < 1.29 is 10.0 Å². The minimum absolute atomic E-state index is 0.0275. The zero-order valence-corrected chi connectivity index (χ0v) is 12.4. The summed E-state index contributed by atoms with van der Waals surface area (Å²) in [5.41, 5.74) is 1.25. The number of hydrogen-bond donors (Lipinski definition) is 1. The van der Waals surface area contributed by atoms with Gasteiger partial charge in [-0.05, 0) is 32.6 Å². The third kappa shape index (κ3) is 4.47. The Bertz CT molecular complexity index is 449. The van der Waals surface area contributed by atoms with Crippen LogP contribution in [0.25, 0.3) is 0 Å². The van der Waals surface area contributed by atoms with E-state index in [1.807, 2.05) is 14.1 Å². The van der Waals surface area contributed by atoms with Crippen LogP contribution in [0, 0.1) is 10.1 Å². The van der Waals surface area contributed by atoms with Crippen LogP contribution in [0.2, 0.25) is 0 Å². The summed E-state index contributed by atoms with van der Waals surface area (Å²) < 4.78 is 0. The van der Waals surface area contributed by atoms with Crippen molar-refractivity contribution in [3.8, 4) is 0 Å². The molecule has 0 aliphatic rings. The summed E-state index contributed by atoms with van der Waals surface area (Å²) in [5, 5.41) is 20.2. The summed E-state index contributed by atoms with van der Waals surface area (Å²) in [7, 11) is 4.03. The van der Waals surface area contributed by atoms with Gasteiger partial charge >= 0.3 is 0 Å². The van der Waals surface area contributed by atoms with E-state index < -0.39 is 4.92 Å². The summed E-state index contributed by atoms with van der Waals surface area (Å²) in [5.74, 6) is 0. The number of anilines is 1. The van der Waals surface area contributed by atoms with E-state index in [-0.39, 0.29) is 12.3 Å². The molecule has 0 unspecified atom stereocenters. The van der Waals surface area contributed by atoms with Crippen molar-refractivity contribution in [1.29, 1.82) is 0 Å². The van der Waals surface area contributed by atoms with Gasteiger partial charge in [0.1, 0.15) is 0 Å². The number of nitro benzene ring substituents is 1. The number of rotatable bonds is 8. The molecule has 0 aliphatic carbocycles. The van der Waals surface area contributed by atoms with E-state index in [1.54, 1.807) is 12.1 Å². The molecule has 1 rings (SSSR count). The monoisotopic (exact) mass is 281 g/mol. The Hall–Kier alpha value is -1.66. The lowest BCUT2D eigenvalue weighted by molar-refractivity contribution is -0.385. The topological polar surface area (TPSA) is 69.9 Å². The minimum Gasteiger partial charge on any atom is -0.391 e. The molecule has 0 saturated carbocycles. The summed E-state index contributed by atoms with van der Waals surface area (Å²) in [6.07, 6.45) is 0.999. The molecule has 0 heterocycles. The number of aliphatic hydroxyl groups is 1. The van der Waals surface area contributed by atoms with Crippen molar-refractivity contribution in [2.45, 2.75) is 20.0 Å². The Balaban J connectivity index is 2.98. The highest BCUT2D eigenvalue weighted by Crippen LogP contribution is 2.25. The third-order valence-corrected chi connectivity index (χ3v) is 3.11. The molecule has 0 fully saturated rings. The molecular weight excluding hydrogens is 258 g/mol. The summed E-state index contributed by atoms with van der Waals surface area (Å²) in [6, 6.07) is 4.94. The average Bonchev–Trinajstić information content (AvgIpc) is 2.42. The van der Waals surface area contributed by atoms with Crippen molar-refractivity contribution in [2.75, 3.05) is 38.6 Å². The second-order valence-corrected chi connectivity index (χ2v) is 5.02. The number of likely N-dealkylation sites (N-methyl/N-ethyl adjacent to an activating group) is 1. The predicted octanol–water partition coefficient (Wildman–Crippen LogP) is 1.87. The summed E-state index contributed by atoms with van der Waals surface area (Å²) in [4.78, 5) is 14.7. The molecule has 0 aliphatic heterocycles. The molecule has 20 heavy (non-hydrogen) atoms. The van der Waals surface area contributed by atoms with Gasteiger partial charge in [0, 0.05) is 31.4 Å². The number of nitro groups is 1. The Morgan fingerprint density at radius 1 is 1.25 bits per heavy atom. The molecule has 1 aromatic carbocycles. The van der Waals surface area contributed by atoms with Crippen LogP contribution in [-0.2, 0) is 6.61 Å². The van der Waals surface area contributed by atoms with E-state index in [0.717, 1.165) is 31.7 Å². The Labute approximate surface area is 119 Å². The Morgan fingerprint density at radius 2 is 1.95 bits per heavy atom. The fraction of sp³-hybridized carbons (Fsp3) is 0.571. The van der Waals surface area contributed by atoms with Crippen LogP contribution in [0.4, 0.5) is 11.4 Å². The van der Waals surface area contributed by atoms with Crippen LogP contribution in [0.3, 0.4) is 0 Å². The number of benzene rings is 1. The Kier molecular flexibility index (Phi) is 6.41. The van der Waals surface area contributed by atoms with E-state index in [4.69, 9.17) is 0 Å². The standard InChI is InChI=1S/C14H23N3O3/c1-4-7-16(9-8-15(2)3)13-5-6-14(17(19)20)12(10-13)11-18/h5-6,10,18H,4,7-9,11H2,1-3H3. The summed E-state index contributed by atoms with van der Waals surface area (Å²) in [6.45, 7) is 4.42. The summed E-state index contributed by atoms with van der Waals surface area (Å²) >= 11 is 0. The van der Waals surface area contributed by atoms with Gasteiger partial charge in [-0.3, -0.25) is 10.1 Å². The predicted molar refractivity (Wildman–Crippen MR) is 80.1 cm³/mol. The van der Waals surface area contributed by atoms with E-state index in [1.165, 1.54) is 6.07 Å². The second kappa shape index (κ2) is 7.81. The highest BCUT2D eigenvalue weighted by molar-refractivity contribution is 5.55. The maximum atomic E-state index is 10.9. The lowest BCUT2D eigenvalue weighted by Crippen LogP contribution is -2.32. The van der Waals surface area contributed by atoms with Crippen LogP contribution in [-0.4, -0.2) is 48.7 Å². The quantitative estimate of drug-likeness (QED) is 0.582. The molecule has 0 bridgehead atoms. The number of aliphatic hydroxyl groups excluding tert-OH is 1. The van der Waals surface area contributed by atoms with Crippen molar-refractivity contribution in [3.63, 3.8) is 0 Å². The van der Waals surface area contributed by atoms with Gasteiger partial charge in [-0.25, -0.2) is 0 Å². The first-order chi connectivity index (χ1) is 9.49. The fourth-order valence-corrected chi connectivity index (χ4v) is 2.03. The molecule has 6 nitrogen and oxygen atoms in total. The van der Waals surface area contributed by atoms with Gasteiger partial charge in [0.15, 0.2) is 0 Å². The molecule has 6 heteroatoms. The van der Waals surface area contributed by atoms with Crippen molar-refractivity contribution in [2.24, 2.45) is 0 Å². The van der Waals surface area contributed by atoms with Crippen molar-refractivity contribution in [3.05, 3.63) is 33.9 Å². The molecule has 0 aromatic heterocycles. The first-order valence-electron chi connectivity index (χ1n) is 6.77. The van der Waals surface area contributed by atoms with Gasteiger partial charge in [0.25, 0.3) is 5.69 Å². The molecule has 0 spiro atoms. The van der Waals surface area contributed by atoms with Gasteiger partial charge in [-0.1, -0.05) is 6.92 Å². The van der Waals surface area contributed by atoms with Gasteiger partial charge in [0.05, 0.1) is 17.1 Å². The molecule has 0 radical (unpaired) electrons. The lowest BCUT2D eigenvalue weighted by Gasteiger charge is -2.26. The van der Waals surface area contributed by atoms with Crippen LogP contribution in [0.15, 0.2) is 18.2 Å². The first kappa shape index (κ1) is 16.4. The number of hydrogen-bond acceptors (Lipinski definition) is 5. The SMILES string of the molecule is CCCN(CCN(C)C)c1ccc([N+](=O)[O-])c(CO)c1. The number of nitrogens with zero attached hydrogens (tertiary/aromatic N) is 3. The molecule has 1 aromatic rings. The zero-order valence-electron chi connectivity index (χ0n) is 12.4. The fourth-order valence-electron chi connectivity index (χ4n) is 2.03. The third-order valence-electron chi connectivity index (χ3n) is 3.11. The van der Waals surface area contributed by atoms with Crippen LogP contribution in [0.5, 0.6) is 0 Å². The van der Waals surface area contributed by atoms with Gasteiger partial charge < -0.3 is 14.9 Å². The molecule has 0 amide bonds. The second-order valence-electron chi connectivity index (χ2n) is 5.02. The molecule has 0 saturated heterocycles. The van der Waals surface area contributed by atoms with Crippen molar-refractivity contribution in [1.82, 2.24) is 4.90 Å². The van der Waals surface area contributed by atoms with Crippen LogP contribution < -0.4 is 4.90 Å². The van der Waals surface area contributed by atoms with Crippen molar-refractivity contribution >= 4 is 11.4 Å². The first-order valence-corrected chi connectivity index (χ1v) is 6.77. The maximum Gasteiger partial charge on any atom is 0.275 e. The minimum atomic E-state index is -0.459. The molecule has 0 atom stereocenters. The largest absolute Gasteiger partial charge is 0.391 e. The van der Waals surface area contributed by atoms with E-state index in [9.17, 15) is 15.2 Å². The molecular formula is C14H23N3O3.